The average molecular weight is 248 g/mol. The molecule has 1 aliphatic heterocycles. The molecule has 0 aromatic heterocycles. The Bertz CT molecular complexity index is 474. The summed E-state index contributed by atoms with van der Waals surface area (Å²) in [7, 11) is 1.32. The fourth-order valence-electron chi connectivity index (χ4n) is 1.81. The lowest BCUT2D eigenvalue weighted by Gasteiger charge is -2.18. The number of benzene rings is 1. The number of methoxy groups -OCH3 is 1. The van der Waals surface area contributed by atoms with Crippen LogP contribution in [0.5, 0.6) is 0 Å². The molecule has 2 rings (SSSR count). The summed E-state index contributed by atoms with van der Waals surface area (Å²) >= 11 is 0. The standard InChI is InChI=1S/C14H16O4/c1-14(2)17-11(12(18-14)13(15)16-3)9-10-7-5-4-6-8-10/h4-8H,9H2,1-3H3. The molecule has 0 aliphatic carbocycles. The van der Waals surface area contributed by atoms with Gasteiger partial charge in [0.25, 0.3) is 0 Å². The van der Waals surface area contributed by atoms with Crippen molar-refractivity contribution in [3.05, 3.63) is 47.4 Å². The van der Waals surface area contributed by atoms with E-state index >= 15 is 0 Å². The zero-order valence-corrected chi connectivity index (χ0v) is 10.7. The van der Waals surface area contributed by atoms with Gasteiger partial charge in [-0.15, -0.1) is 0 Å². The fraction of sp³-hybridized carbons (Fsp3) is 0.357. The minimum absolute atomic E-state index is 0.159. The molecule has 0 unspecified atom stereocenters. The van der Waals surface area contributed by atoms with Gasteiger partial charge in [0.1, 0.15) is 0 Å². The molecule has 1 aliphatic rings. The molecule has 1 aromatic carbocycles. The third-order valence-electron chi connectivity index (χ3n) is 2.55. The van der Waals surface area contributed by atoms with E-state index in [2.05, 4.69) is 0 Å². The number of allylic oxidation sites excluding steroid dienone is 1. The van der Waals surface area contributed by atoms with Gasteiger partial charge in [-0.05, 0) is 5.56 Å². The summed E-state index contributed by atoms with van der Waals surface area (Å²) in [6.45, 7) is 3.52. The molecule has 18 heavy (non-hydrogen) atoms. The topological polar surface area (TPSA) is 44.8 Å². The molecule has 1 heterocycles. The zero-order valence-electron chi connectivity index (χ0n) is 10.7. The maximum Gasteiger partial charge on any atom is 0.377 e. The number of esters is 1. The van der Waals surface area contributed by atoms with E-state index in [0.717, 1.165) is 5.56 Å². The van der Waals surface area contributed by atoms with Gasteiger partial charge in [0, 0.05) is 20.3 Å². The first-order valence-corrected chi connectivity index (χ1v) is 5.75. The highest BCUT2D eigenvalue weighted by Gasteiger charge is 2.37. The SMILES string of the molecule is COC(=O)C1=C(Cc2ccccc2)OC(C)(C)O1. The zero-order chi connectivity index (χ0) is 13.2. The predicted octanol–water partition coefficient (Wildman–Crippen LogP) is 2.40. The summed E-state index contributed by atoms with van der Waals surface area (Å²) in [5.74, 6) is -0.663. The predicted molar refractivity (Wildman–Crippen MR) is 65.4 cm³/mol. The van der Waals surface area contributed by atoms with Crippen molar-refractivity contribution in [2.75, 3.05) is 7.11 Å². The van der Waals surface area contributed by atoms with Crippen molar-refractivity contribution < 1.29 is 19.0 Å². The Labute approximate surface area is 106 Å². The van der Waals surface area contributed by atoms with Crippen molar-refractivity contribution >= 4 is 5.97 Å². The molecular weight excluding hydrogens is 232 g/mol. The van der Waals surface area contributed by atoms with Gasteiger partial charge in [0.05, 0.1) is 7.11 Å². The molecule has 1 aromatic rings. The van der Waals surface area contributed by atoms with Gasteiger partial charge in [-0.3, -0.25) is 0 Å². The largest absolute Gasteiger partial charge is 0.463 e. The van der Waals surface area contributed by atoms with Gasteiger partial charge in [0.15, 0.2) is 5.76 Å². The van der Waals surface area contributed by atoms with Crippen molar-refractivity contribution in [3.8, 4) is 0 Å². The van der Waals surface area contributed by atoms with Gasteiger partial charge >= 0.3 is 5.97 Å². The maximum absolute atomic E-state index is 11.6. The van der Waals surface area contributed by atoms with Crippen LogP contribution in [-0.2, 0) is 25.4 Å². The number of hydrogen-bond acceptors (Lipinski definition) is 4. The van der Waals surface area contributed by atoms with E-state index in [0.29, 0.717) is 12.2 Å². The Hall–Kier alpha value is -1.97. The summed E-state index contributed by atoms with van der Waals surface area (Å²) < 4.78 is 15.8. The molecule has 0 spiro atoms. The third-order valence-corrected chi connectivity index (χ3v) is 2.55. The number of ether oxygens (including phenoxy) is 3. The van der Waals surface area contributed by atoms with Crippen LogP contribution in [0.3, 0.4) is 0 Å². The number of carbonyl (C=O) groups is 1. The maximum atomic E-state index is 11.6. The molecule has 0 N–H and O–H groups in total. The van der Waals surface area contributed by atoms with Gasteiger partial charge < -0.3 is 14.2 Å². The molecule has 96 valence electrons. The second-order valence-electron chi connectivity index (χ2n) is 4.51. The van der Waals surface area contributed by atoms with Gasteiger partial charge in [-0.1, -0.05) is 30.3 Å². The van der Waals surface area contributed by atoms with E-state index < -0.39 is 11.8 Å². The van der Waals surface area contributed by atoms with E-state index in [9.17, 15) is 4.79 Å². The van der Waals surface area contributed by atoms with Gasteiger partial charge in [0.2, 0.25) is 11.5 Å². The first-order valence-electron chi connectivity index (χ1n) is 5.75. The van der Waals surface area contributed by atoms with Crippen LogP contribution in [0.1, 0.15) is 19.4 Å². The summed E-state index contributed by atoms with van der Waals surface area (Å²) in [6.07, 6.45) is 0.509. The molecular formula is C14H16O4. The van der Waals surface area contributed by atoms with Gasteiger partial charge in [-0.2, -0.15) is 0 Å². The second kappa shape index (κ2) is 4.72. The molecule has 4 nitrogen and oxygen atoms in total. The average Bonchev–Trinajstić information content (AvgIpc) is 2.65. The minimum Gasteiger partial charge on any atom is -0.463 e. The molecule has 0 amide bonds. The van der Waals surface area contributed by atoms with Crippen molar-refractivity contribution in [1.82, 2.24) is 0 Å². The van der Waals surface area contributed by atoms with E-state index in [4.69, 9.17) is 14.2 Å². The molecule has 0 atom stereocenters. The van der Waals surface area contributed by atoms with Crippen LogP contribution in [0.4, 0.5) is 0 Å². The summed E-state index contributed by atoms with van der Waals surface area (Å²) in [6, 6.07) is 9.76. The Balaban J connectivity index is 2.24. The summed E-state index contributed by atoms with van der Waals surface area (Å²) in [4.78, 5) is 11.6. The lowest BCUT2D eigenvalue weighted by Crippen LogP contribution is -2.22. The normalized spacial score (nSPS) is 17.1. The van der Waals surface area contributed by atoms with Crippen molar-refractivity contribution in [1.29, 1.82) is 0 Å². The van der Waals surface area contributed by atoms with Crippen LogP contribution in [0.25, 0.3) is 0 Å². The smallest absolute Gasteiger partial charge is 0.377 e. The first kappa shape index (κ1) is 12.5. The molecule has 0 fully saturated rings. The van der Waals surface area contributed by atoms with Crippen LogP contribution < -0.4 is 0 Å². The molecule has 0 radical (unpaired) electrons. The quantitative estimate of drug-likeness (QED) is 0.770. The van der Waals surface area contributed by atoms with E-state index in [1.807, 2.05) is 30.3 Å². The van der Waals surface area contributed by atoms with Crippen LogP contribution in [-0.4, -0.2) is 18.9 Å². The third kappa shape index (κ3) is 2.64. The van der Waals surface area contributed by atoms with Crippen molar-refractivity contribution in [3.63, 3.8) is 0 Å². The van der Waals surface area contributed by atoms with E-state index in [-0.39, 0.29) is 5.76 Å². The molecule has 0 saturated carbocycles. The van der Waals surface area contributed by atoms with Crippen LogP contribution in [0, 0.1) is 0 Å². The fourth-order valence-corrected chi connectivity index (χ4v) is 1.81. The molecule has 0 bridgehead atoms. The highest BCUT2D eigenvalue weighted by Crippen LogP contribution is 2.32. The van der Waals surface area contributed by atoms with Gasteiger partial charge in [-0.25, -0.2) is 4.79 Å². The Kier molecular flexibility index (Phi) is 3.28. The Morgan fingerprint density at radius 2 is 1.89 bits per heavy atom. The monoisotopic (exact) mass is 248 g/mol. The highest BCUT2D eigenvalue weighted by atomic mass is 16.7. The van der Waals surface area contributed by atoms with E-state index in [1.54, 1.807) is 13.8 Å². The Morgan fingerprint density at radius 1 is 1.22 bits per heavy atom. The lowest BCUT2D eigenvalue weighted by molar-refractivity contribution is -0.152. The molecule has 0 saturated heterocycles. The second-order valence-corrected chi connectivity index (χ2v) is 4.51. The van der Waals surface area contributed by atoms with Crippen molar-refractivity contribution in [2.24, 2.45) is 0 Å². The van der Waals surface area contributed by atoms with E-state index in [1.165, 1.54) is 7.11 Å². The number of hydrogen-bond donors (Lipinski definition) is 0. The lowest BCUT2D eigenvalue weighted by atomic mass is 10.1. The highest BCUT2D eigenvalue weighted by molar-refractivity contribution is 5.87. The summed E-state index contributed by atoms with van der Waals surface area (Å²) in [5, 5.41) is 0. The Morgan fingerprint density at radius 3 is 2.50 bits per heavy atom. The van der Waals surface area contributed by atoms with Crippen LogP contribution >= 0.6 is 0 Å². The minimum atomic E-state index is -0.826. The first-order chi connectivity index (χ1) is 8.52. The summed E-state index contributed by atoms with van der Waals surface area (Å²) in [5.41, 5.74) is 1.05. The van der Waals surface area contributed by atoms with Crippen LogP contribution in [0.15, 0.2) is 41.9 Å². The van der Waals surface area contributed by atoms with Crippen LogP contribution in [0.2, 0.25) is 0 Å². The van der Waals surface area contributed by atoms with Crippen molar-refractivity contribution in [2.45, 2.75) is 26.1 Å². The number of carbonyl (C=O) groups excluding carboxylic acids is 1. The number of rotatable bonds is 3. The molecule has 4 heteroatoms.